The van der Waals surface area contributed by atoms with E-state index in [1.165, 1.54) is 22.2 Å². The molecule has 0 aliphatic heterocycles. The molecule has 0 radical (unpaired) electrons. The fourth-order valence-corrected chi connectivity index (χ4v) is 2.77. The molecular weight excluding hydrogens is 290 g/mol. The van der Waals surface area contributed by atoms with E-state index in [9.17, 15) is 9.59 Å². The number of thioether (sulfide) groups is 1. The maximum absolute atomic E-state index is 12.0. The molecule has 0 aliphatic carbocycles. The minimum Gasteiger partial charge on any atom is -0.480 e. The first kappa shape index (κ1) is 15.5. The third-order valence-corrected chi connectivity index (χ3v) is 4.67. The summed E-state index contributed by atoms with van der Waals surface area (Å²) in [7, 11) is 0. The molecule has 2 rings (SSSR count). The normalized spacial score (nSPS) is 13.3. The van der Waals surface area contributed by atoms with Gasteiger partial charge in [0.15, 0.2) is 0 Å². The summed E-state index contributed by atoms with van der Waals surface area (Å²) in [5.74, 6) is -0.617. The molecule has 0 saturated heterocycles. The second kappa shape index (κ2) is 5.87. The van der Waals surface area contributed by atoms with Crippen LogP contribution in [0.25, 0.3) is 5.65 Å². The maximum atomic E-state index is 12.0. The van der Waals surface area contributed by atoms with Crippen LogP contribution in [0.4, 0.5) is 0 Å². The molecule has 6 nitrogen and oxygen atoms in total. The van der Waals surface area contributed by atoms with E-state index in [1.54, 1.807) is 32.2 Å². The van der Waals surface area contributed by atoms with Crippen LogP contribution in [0.15, 0.2) is 35.3 Å². The van der Waals surface area contributed by atoms with Crippen molar-refractivity contribution in [3.63, 3.8) is 0 Å². The first-order valence-corrected chi connectivity index (χ1v) is 7.39. The Balaban J connectivity index is 2.21. The first-order chi connectivity index (χ1) is 9.81. The zero-order chi connectivity index (χ0) is 15.6. The lowest BCUT2D eigenvalue weighted by Crippen LogP contribution is -2.46. The third kappa shape index (κ3) is 3.43. The van der Waals surface area contributed by atoms with Crippen molar-refractivity contribution in [2.45, 2.75) is 30.4 Å². The molecule has 112 valence electrons. The average molecular weight is 307 g/mol. The Morgan fingerprint density at radius 3 is 2.90 bits per heavy atom. The number of pyridine rings is 1. The number of carboxylic acids is 1. The van der Waals surface area contributed by atoms with E-state index in [4.69, 9.17) is 10.8 Å². The average Bonchev–Trinajstić information content (AvgIpc) is 2.44. The summed E-state index contributed by atoms with van der Waals surface area (Å²) >= 11 is 1.37. The van der Waals surface area contributed by atoms with Crippen LogP contribution in [0.2, 0.25) is 0 Å². The fourth-order valence-electron chi connectivity index (χ4n) is 1.82. The van der Waals surface area contributed by atoms with Crippen molar-refractivity contribution in [3.05, 3.63) is 46.5 Å². The van der Waals surface area contributed by atoms with Gasteiger partial charge in [-0.1, -0.05) is 6.07 Å². The van der Waals surface area contributed by atoms with Crippen molar-refractivity contribution in [3.8, 4) is 0 Å². The van der Waals surface area contributed by atoms with Crippen LogP contribution in [0.3, 0.4) is 0 Å². The molecular formula is C14H17N3O3S. The van der Waals surface area contributed by atoms with E-state index in [1.807, 2.05) is 6.07 Å². The second-order valence-corrected chi connectivity index (χ2v) is 6.85. The highest BCUT2D eigenvalue weighted by Crippen LogP contribution is 2.30. The van der Waals surface area contributed by atoms with Crippen molar-refractivity contribution in [2.75, 3.05) is 0 Å². The van der Waals surface area contributed by atoms with Gasteiger partial charge in [-0.15, -0.1) is 11.8 Å². The minimum atomic E-state index is -1.04. The summed E-state index contributed by atoms with van der Waals surface area (Å²) in [6.45, 7) is 3.54. The number of aliphatic carboxylic acids is 1. The van der Waals surface area contributed by atoms with Crippen LogP contribution in [-0.2, 0) is 10.5 Å². The van der Waals surface area contributed by atoms with Gasteiger partial charge in [0.25, 0.3) is 5.56 Å². The van der Waals surface area contributed by atoms with E-state index in [0.29, 0.717) is 17.1 Å². The van der Waals surface area contributed by atoms with Gasteiger partial charge < -0.3 is 10.8 Å². The Kier molecular flexibility index (Phi) is 4.34. The monoisotopic (exact) mass is 307 g/mol. The van der Waals surface area contributed by atoms with Crippen LogP contribution >= 0.6 is 11.8 Å². The Labute approximate surface area is 126 Å². The summed E-state index contributed by atoms with van der Waals surface area (Å²) < 4.78 is 0.803. The number of aromatic nitrogens is 2. The molecule has 21 heavy (non-hydrogen) atoms. The van der Waals surface area contributed by atoms with E-state index in [-0.39, 0.29) is 5.56 Å². The Morgan fingerprint density at radius 2 is 2.24 bits per heavy atom. The molecule has 0 fully saturated rings. The number of carboxylic acid groups (broad SMARTS) is 1. The number of carbonyl (C=O) groups is 1. The summed E-state index contributed by atoms with van der Waals surface area (Å²) in [5, 5.41) is 8.99. The first-order valence-electron chi connectivity index (χ1n) is 6.41. The minimum absolute atomic E-state index is 0.156. The number of rotatable bonds is 5. The molecule has 0 spiro atoms. The largest absolute Gasteiger partial charge is 0.480 e. The van der Waals surface area contributed by atoms with Crippen molar-refractivity contribution in [2.24, 2.45) is 5.73 Å². The van der Waals surface area contributed by atoms with Crippen molar-refractivity contribution in [1.82, 2.24) is 9.38 Å². The lowest BCUT2D eigenvalue weighted by Gasteiger charge is -2.27. The molecule has 1 atom stereocenters. The summed E-state index contributed by atoms with van der Waals surface area (Å²) in [4.78, 5) is 27.3. The zero-order valence-electron chi connectivity index (χ0n) is 11.8. The predicted molar refractivity (Wildman–Crippen MR) is 82.4 cm³/mol. The molecule has 0 aliphatic rings. The van der Waals surface area contributed by atoms with Gasteiger partial charge >= 0.3 is 5.97 Å². The van der Waals surface area contributed by atoms with E-state index >= 15 is 0 Å². The zero-order valence-corrected chi connectivity index (χ0v) is 12.6. The summed E-state index contributed by atoms with van der Waals surface area (Å²) in [5.41, 5.74) is 6.70. The van der Waals surface area contributed by atoms with Crippen LogP contribution in [-0.4, -0.2) is 31.2 Å². The molecule has 0 amide bonds. The third-order valence-electron chi connectivity index (χ3n) is 3.23. The number of nitrogens with two attached hydrogens (primary N) is 1. The fraction of sp³-hybridized carbons (Fsp3) is 0.357. The van der Waals surface area contributed by atoms with Gasteiger partial charge in [0.05, 0.1) is 5.69 Å². The molecule has 7 heteroatoms. The highest BCUT2D eigenvalue weighted by Gasteiger charge is 2.32. The molecule has 2 aromatic heterocycles. The van der Waals surface area contributed by atoms with Gasteiger partial charge in [0.1, 0.15) is 11.7 Å². The van der Waals surface area contributed by atoms with E-state index < -0.39 is 16.8 Å². The highest BCUT2D eigenvalue weighted by molar-refractivity contribution is 7.99. The molecule has 2 aromatic rings. The molecule has 3 N–H and O–H groups in total. The van der Waals surface area contributed by atoms with Gasteiger partial charge in [-0.3, -0.25) is 14.0 Å². The van der Waals surface area contributed by atoms with E-state index in [0.717, 1.165) is 0 Å². The van der Waals surface area contributed by atoms with Crippen LogP contribution in [0, 0.1) is 0 Å². The summed E-state index contributed by atoms with van der Waals surface area (Å²) in [6.07, 6.45) is 1.66. The number of hydrogen-bond donors (Lipinski definition) is 2. The van der Waals surface area contributed by atoms with E-state index in [2.05, 4.69) is 4.98 Å². The smallest absolute Gasteiger partial charge is 0.321 e. The molecule has 0 unspecified atom stereocenters. The number of fused-ring (bicyclic) bond motifs is 1. The van der Waals surface area contributed by atoms with Gasteiger partial charge in [-0.05, 0) is 26.0 Å². The maximum Gasteiger partial charge on any atom is 0.321 e. The lowest BCUT2D eigenvalue weighted by atomic mass is 10.1. The van der Waals surface area contributed by atoms with Crippen molar-refractivity contribution < 1.29 is 9.90 Å². The quantitative estimate of drug-likeness (QED) is 0.859. The predicted octanol–water partition coefficient (Wildman–Crippen LogP) is 1.12. The van der Waals surface area contributed by atoms with Gasteiger partial charge in [0, 0.05) is 22.8 Å². The Bertz CT molecular complexity index is 727. The molecule has 0 bridgehead atoms. The molecule has 2 heterocycles. The van der Waals surface area contributed by atoms with Crippen molar-refractivity contribution >= 4 is 23.4 Å². The van der Waals surface area contributed by atoms with Crippen LogP contribution < -0.4 is 11.3 Å². The summed E-state index contributed by atoms with van der Waals surface area (Å²) in [6, 6.07) is 5.80. The SMILES string of the molecule is CC(C)(SCc1cc(=O)n2ccccc2n1)[C@H](N)C(=O)O. The second-order valence-electron chi connectivity index (χ2n) is 5.22. The van der Waals surface area contributed by atoms with Crippen LogP contribution in [0.1, 0.15) is 19.5 Å². The van der Waals surface area contributed by atoms with Gasteiger partial charge in [-0.25, -0.2) is 4.98 Å². The van der Waals surface area contributed by atoms with Gasteiger partial charge in [-0.2, -0.15) is 0 Å². The molecule has 0 aromatic carbocycles. The topological polar surface area (TPSA) is 97.7 Å². The Hall–Kier alpha value is -1.86. The number of nitrogens with zero attached hydrogens (tertiary/aromatic N) is 2. The number of hydrogen-bond acceptors (Lipinski definition) is 5. The highest BCUT2D eigenvalue weighted by atomic mass is 32.2. The van der Waals surface area contributed by atoms with Gasteiger partial charge in [0.2, 0.25) is 0 Å². The molecule has 0 saturated carbocycles. The standard InChI is InChI=1S/C14H17N3O3S/c1-14(2,12(15)13(19)20)21-8-9-7-11(18)17-6-4-3-5-10(17)16-9/h3-7,12H,8,15H2,1-2H3,(H,19,20)/t12-/m1/s1. The van der Waals surface area contributed by atoms with Crippen LogP contribution in [0.5, 0.6) is 0 Å². The van der Waals surface area contributed by atoms with Crippen molar-refractivity contribution in [1.29, 1.82) is 0 Å². The lowest BCUT2D eigenvalue weighted by molar-refractivity contribution is -0.139. The Morgan fingerprint density at radius 1 is 1.52 bits per heavy atom.